The number of pyridine rings is 1. The second-order valence-electron chi connectivity index (χ2n) is 4.78. The molecule has 1 aromatic rings. The first-order valence-electron chi connectivity index (χ1n) is 6.02. The second-order valence-corrected chi connectivity index (χ2v) is 4.78. The largest absolute Gasteiger partial charge is 0.398 e. The van der Waals surface area contributed by atoms with E-state index in [2.05, 4.69) is 18.8 Å². The van der Waals surface area contributed by atoms with Crippen LogP contribution in [0.25, 0.3) is 5.57 Å². The number of nitrogens with two attached hydrogens (primary N) is 1. The number of rotatable bonds is 1. The Kier molecular flexibility index (Phi) is 2.99. The molecule has 16 heavy (non-hydrogen) atoms. The van der Waals surface area contributed by atoms with Crippen LogP contribution in [0.1, 0.15) is 49.6 Å². The molecule has 0 bridgehead atoms. The summed E-state index contributed by atoms with van der Waals surface area (Å²) in [5.74, 6) is 0. The number of hydrogen-bond donors (Lipinski definition) is 1. The van der Waals surface area contributed by atoms with Gasteiger partial charge in [-0.1, -0.05) is 5.57 Å². The molecule has 1 aromatic heterocycles. The number of allylic oxidation sites excluding steroid dienone is 2. The van der Waals surface area contributed by atoms with Crippen molar-refractivity contribution in [3.8, 4) is 0 Å². The molecule has 2 heteroatoms. The molecule has 0 aliphatic heterocycles. The van der Waals surface area contributed by atoms with E-state index in [1.807, 2.05) is 13.0 Å². The molecule has 0 saturated heterocycles. The van der Waals surface area contributed by atoms with E-state index in [0.717, 1.165) is 23.5 Å². The summed E-state index contributed by atoms with van der Waals surface area (Å²) in [6.07, 6.45) is 4.96. The molecule has 2 rings (SSSR count). The SMILES string of the molecule is CC1=C(c2c(N)cc(C)nc2C)CCCC1. The van der Waals surface area contributed by atoms with Gasteiger partial charge in [0.15, 0.2) is 0 Å². The van der Waals surface area contributed by atoms with Gasteiger partial charge in [0.25, 0.3) is 0 Å². The van der Waals surface area contributed by atoms with E-state index in [-0.39, 0.29) is 0 Å². The summed E-state index contributed by atoms with van der Waals surface area (Å²) < 4.78 is 0. The van der Waals surface area contributed by atoms with Crippen molar-refractivity contribution in [3.05, 3.63) is 28.6 Å². The second kappa shape index (κ2) is 4.28. The van der Waals surface area contributed by atoms with Gasteiger partial charge in [-0.2, -0.15) is 0 Å². The van der Waals surface area contributed by atoms with Crippen molar-refractivity contribution in [2.45, 2.75) is 46.5 Å². The fourth-order valence-electron chi connectivity index (χ4n) is 2.65. The van der Waals surface area contributed by atoms with E-state index in [4.69, 9.17) is 5.73 Å². The Balaban J connectivity index is 2.55. The van der Waals surface area contributed by atoms with Crippen LogP contribution in [0.5, 0.6) is 0 Å². The lowest BCUT2D eigenvalue weighted by Crippen LogP contribution is -2.05. The molecule has 0 unspecified atom stereocenters. The fourth-order valence-corrected chi connectivity index (χ4v) is 2.65. The van der Waals surface area contributed by atoms with Crippen molar-refractivity contribution < 1.29 is 0 Å². The van der Waals surface area contributed by atoms with Gasteiger partial charge in [0.1, 0.15) is 0 Å². The number of hydrogen-bond acceptors (Lipinski definition) is 2. The summed E-state index contributed by atoms with van der Waals surface area (Å²) in [4.78, 5) is 4.53. The Labute approximate surface area is 97.6 Å². The summed E-state index contributed by atoms with van der Waals surface area (Å²) in [7, 11) is 0. The molecule has 0 aromatic carbocycles. The molecule has 1 aliphatic carbocycles. The van der Waals surface area contributed by atoms with E-state index < -0.39 is 0 Å². The Morgan fingerprint density at radius 1 is 1.12 bits per heavy atom. The lowest BCUT2D eigenvalue weighted by Gasteiger charge is -2.21. The molecule has 0 amide bonds. The third-order valence-corrected chi connectivity index (χ3v) is 3.40. The predicted molar refractivity (Wildman–Crippen MR) is 69.2 cm³/mol. The van der Waals surface area contributed by atoms with Crippen LogP contribution in [0.4, 0.5) is 5.69 Å². The third-order valence-electron chi connectivity index (χ3n) is 3.40. The molecule has 1 aliphatic rings. The zero-order valence-electron chi connectivity index (χ0n) is 10.4. The molecule has 2 N–H and O–H groups in total. The first kappa shape index (κ1) is 11.2. The van der Waals surface area contributed by atoms with E-state index in [1.54, 1.807) is 0 Å². The van der Waals surface area contributed by atoms with E-state index >= 15 is 0 Å². The maximum atomic E-state index is 6.14. The molecule has 0 saturated carbocycles. The molecule has 0 radical (unpaired) electrons. The Morgan fingerprint density at radius 2 is 1.81 bits per heavy atom. The standard InChI is InChI=1S/C14H20N2/c1-9-6-4-5-7-12(9)14-11(3)16-10(2)8-13(14)15/h8H,4-7H2,1-3H3,(H2,15,16). The lowest BCUT2D eigenvalue weighted by atomic mass is 9.87. The van der Waals surface area contributed by atoms with Gasteiger partial charge in [-0.15, -0.1) is 0 Å². The first-order valence-corrected chi connectivity index (χ1v) is 6.02. The molecular weight excluding hydrogens is 196 g/mol. The number of aromatic nitrogens is 1. The Hall–Kier alpha value is -1.31. The maximum Gasteiger partial charge on any atom is 0.0471 e. The van der Waals surface area contributed by atoms with Gasteiger partial charge in [0, 0.05) is 22.6 Å². The van der Waals surface area contributed by atoms with Gasteiger partial charge in [-0.05, 0) is 58.1 Å². The lowest BCUT2D eigenvalue weighted by molar-refractivity contribution is 0.713. The number of nitrogens with zero attached hydrogens (tertiary/aromatic N) is 1. The smallest absolute Gasteiger partial charge is 0.0471 e. The van der Waals surface area contributed by atoms with Crippen LogP contribution in [0.2, 0.25) is 0 Å². The highest BCUT2D eigenvalue weighted by Gasteiger charge is 2.16. The van der Waals surface area contributed by atoms with Crippen molar-refractivity contribution in [2.75, 3.05) is 5.73 Å². The highest BCUT2D eigenvalue weighted by atomic mass is 14.7. The molecule has 1 heterocycles. The summed E-state index contributed by atoms with van der Waals surface area (Å²) in [5.41, 5.74) is 13.2. The highest BCUT2D eigenvalue weighted by molar-refractivity contribution is 5.78. The fraction of sp³-hybridized carbons (Fsp3) is 0.500. The molecule has 86 valence electrons. The third kappa shape index (κ3) is 1.97. The van der Waals surface area contributed by atoms with Gasteiger partial charge in [0.05, 0.1) is 0 Å². The minimum absolute atomic E-state index is 0.890. The van der Waals surface area contributed by atoms with E-state index in [0.29, 0.717) is 0 Å². The maximum absolute atomic E-state index is 6.14. The molecular formula is C14H20N2. The zero-order chi connectivity index (χ0) is 11.7. The summed E-state index contributed by atoms with van der Waals surface area (Å²) >= 11 is 0. The topological polar surface area (TPSA) is 38.9 Å². The van der Waals surface area contributed by atoms with Gasteiger partial charge >= 0.3 is 0 Å². The van der Waals surface area contributed by atoms with E-state index in [1.165, 1.54) is 36.0 Å². The van der Waals surface area contributed by atoms with Gasteiger partial charge < -0.3 is 5.73 Å². The van der Waals surface area contributed by atoms with Crippen LogP contribution in [-0.4, -0.2) is 4.98 Å². The van der Waals surface area contributed by atoms with Crippen LogP contribution in [0.15, 0.2) is 11.6 Å². The molecule has 0 spiro atoms. The monoisotopic (exact) mass is 216 g/mol. The average Bonchev–Trinajstić information content (AvgIpc) is 2.19. The van der Waals surface area contributed by atoms with Crippen LogP contribution in [-0.2, 0) is 0 Å². The number of aryl methyl sites for hydroxylation is 2. The van der Waals surface area contributed by atoms with E-state index in [9.17, 15) is 0 Å². The van der Waals surface area contributed by atoms with Gasteiger partial charge in [0.2, 0.25) is 0 Å². The van der Waals surface area contributed by atoms with Gasteiger partial charge in [-0.3, -0.25) is 4.98 Å². The summed E-state index contributed by atoms with van der Waals surface area (Å²) in [5, 5.41) is 0. The van der Waals surface area contributed by atoms with Crippen LogP contribution < -0.4 is 5.73 Å². The minimum Gasteiger partial charge on any atom is -0.398 e. The Bertz CT molecular complexity index is 421. The predicted octanol–water partition coefficient (Wildman–Crippen LogP) is 3.63. The van der Waals surface area contributed by atoms with Crippen molar-refractivity contribution >= 4 is 11.3 Å². The highest BCUT2D eigenvalue weighted by Crippen LogP contribution is 2.36. The Morgan fingerprint density at radius 3 is 2.44 bits per heavy atom. The van der Waals surface area contributed by atoms with Crippen molar-refractivity contribution in [3.63, 3.8) is 0 Å². The van der Waals surface area contributed by atoms with Crippen molar-refractivity contribution in [1.82, 2.24) is 4.98 Å². The molecule has 0 atom stereocenters. The number of anilines is 1. The van der Waals surface area contributed by atoms with Crippen LogP contribution in [0.3, 0.4) is 0 Å². The summed E-state index contributed by atoms with van der Waals surface area (Å²) in [6, 6.07) is 1.98. The zero-order valence-corrected chi connectivity index (χ0v) is 10.4. The van der Waals surface area contributed by atoms with Gasteiger partial charge in [-0.25, -0.2) is 0 Å². The first-order chi connectivity index (χ1) is 7.59. The summed E-state index contributed by atoms with van der Waals surface area (Å²) in [6.45, 7) is 6.29. The van der Waals surface area contributed by atoms with Crippen LogP contribution >= 0.6 is 0 Å². The average molecular weight is 216 g/mol. The van der Waals surface area contributed by atoms with Crippen molar-refractivity contribution in [1.29, 1.82) is 0 Å². The van der Waals surface area contributed by atoms with Crippen LogP contribution in [0, 0.1) is 13.8 Å². The van der Waals surface area contributed by atoms with Crippen molar-refractivity contribution in [2.24, 2.45) is 0 Å². The number of nitrogen functional groups attached to an aromatic ring is 1. The molecule has 0 fully saturated rings. The minimum atomic E-state index is 0.890. The quantitative estimate of drug-likeness (QED) is 0.778. The normalized spacial score (nSPS) is 16.7. The molecule has 2 nitrogen and oxygen atoms in total.